The fourth-order valence-electron chi connectivity index (χ4n) is 3.11. The van der Waals surface area contributed by atoms with Crippen LogP contribution in [0.4, 0.5) is 4.39 Å². The number of nitrogens with zero attached hydrogens (tertiary/aromatic N) is 2. The van der Waals surface area contributed by atoms with Crippen LogP contribution in [-0.2, 0) is 10.0 Å². The zero-order chi connectivity index (χ0) is 22.0. The molecule has 0 amide bonds. The highest BCUT2D eigenvalue weighted by atomic mass is 79.9. The number of imidazole rings is 1. The molecule has 0 radical (unpaired) electrons. The maximum Gasteiger partial charge on any atom is 0.242 e. The number of aromatic amines is 1. The largest absolute Gasteiger partial charge is 0.338 e. The first-order valence-corrected chi connectivity index (χ1v) is 12.3. The zero-order valence-corrected chi connectivity index (χ0v) is 19.4. The van der Waals surface area contributed by atoms with Gasteiger partial charge in [-0.1, -0.05) is 17.7 Å². The topological polar surface area (TPSA) is 87.2 Å². The molecule has 1 unspecified atom stereocenters. The van der Waals surface area contributed by atoms with E-state index >= 15 is 0 Å². The van der Waals surface area contributed by atoms with Gasteiger partial charge in [0.05, 0.1) is 27.4 Å². The van der Waals surface area contributed by atoms with Crippen LogP contribution >= 0.6 is 27.5 Å². The molecule has 0 saturated heterocycles. The summed E-state index contributed by atoms with van der Waals surface area (Å²) < 4.78 is 42.3. The van der Waals surface area contributed by atoms with Crippen molar-refractivity contribution in [3.8, 4) is 22.6 Å². The lowest BCUT2D eigenvalue weighted by Crippen LogP contribution is -2.25. The Morgan fingerprint density at radius 3 is 2.68 bits per heavy atom. The van der Waals surface area contributed by atoms with E-state index in [9.17, 15) is 12.8 Å². The fraction of sp³-hybridized carbons (Fsp3) is 0.238. The molecule has 1 aliphatic heterocycles. The Morgan fingerprint density at radius 2 is 1.94 bits per heavy atom. The van der Waals surface area contributed by atoms with E-state index in [2.05, 4.69) is 35.6 Å². The Labute approximate surface area is 193 Å². The summed E-state index contributed by atoms with van der Waals surface area (Å²) in [5.41, 5.74) is 1.79. The Hall–Kier alpha value is -2.07. The van der Waals surface area contributed by atoms with Gasteiger partial charge in [-0.25, -0.2) is 22.5 Å². The molecule has 162 valence electrons. The van der Waals surface area contributed by atoms with E-state index in [-0.39, 0.29) is 15.7 Å². The fourth-order valence-corrected chi connectivity index (χ4v) is 4.95. The van der Waals surface area contributed by atoms with Crippen LogP contribution in [0.1, 0.15) is 19.3 Å². The first-order valence-electron chi connectivity index (χ1n) is 9.67. The molecule has 31 heavy (non-hydrogen) atoms. The average Bonchev–Trinajstić information content (AvgIpc) is 3.43. The predicted molar refractivity (Wildman–Crippen MR) is 123 cm³/mol. The van der Waals surface area contributed by atoms with E-state index in [1.165, 1.54) is 18.2 Å². The summed E-state index contributed by atoms with van der Waals surface area (Å²) in [6.45, 7) is 0.329. The molecule has 3 aromatic rings. The molecule has 1 aliphatic rings. The number of sulfonamides is 1. The second-order valence-corrected chi connectivity index (χ2v) is 10.2. The van der Waals surface area contributed by atoms with Crippen molar-refractivity contribution in [2.24, 2.45) is 4.99 Å². The monoisotopic (exact) mass is 524 g/mol. The lowest BCUT2D eigenvalue weighted by molar-refractivity contribution is 0.574. The normalized spacial score (nSPS) is 15.4. The van der Waals surface area contributed by atoms with Gasteiger partial charge in [0.1, 0.15) is 16.5 Å². The summed E-state index contributed by atoms with van der Waals surface area (Å²) in [5.74, 6) is 0.0696. The predicted octanol–water partition coefficient (Wildman–Crippen LogP) is 5.20. The summed E-state index contributed by atoms with van der Waals surface area (Å²) in [5, 5.41) is 0.129. The number of benzene rings is 2. The van der Waals surface area contributed by atoms with Crippen molar-refractivity contribution in [2.45, 2.75) is 30.2 Å². The summed E-state index contributed by atoms with van der Waals surface area (Å²) in [7, 11) is -3.77. The molecule has 2 heterocycles. The number of halogens is 3. The molecule has 2 aromatic carbocycles. The maximum atomic E-state index is 13.8. The summed E-state index contributed by atoms with van der Waals surface area (Å²) in [6, 6.07) is 9.78. The lowest BCUT2D eigenvalue weighted by Gasteiger charge is -2.10. The number of H-pyrrole nitrogens is 1. The van der Waals surface area contributed by atoms with Gasteiger partial charge in [-0.15, -0.1) is 0 Å². The van der Waals surface area contributed by atoms with Gasteiger partial charge in [0.25, 0.3) is 0 Å². The van der Waals surface area contributed by atoms with E-state index in [1.807, 2.05) is 6.21 Å². The quantitative estimate of drug-likeness (QED) is 0.376. The van der Waals surface area contributed by atoms with Crippen molar-refractivity contribution in [3.05, 3.63) is 57.9 Å². The molecule has 2 N–H and O–H groups in total. The number of unbranched alkanes of at least 4 members (excludes halogenated alkanes) is 1. The standard InChI is InChI=1S/C21H19BrClFN4O2S/c22-16-6-4-13(9-18(16)24)19-12-26-21(28-19)14-5-7-17(23)20(10-14)31(29,30)27-8-2-1-3-15-11-25-15/h4-7,9-12,15,27H,1-3,8H2,(H,26,28). The van der Waals surface area contributed by atoms with Crippen LogP contribution in [0, 0.1) is 5.82 Å². The lowest BCUT2D eigenvalue weighted by atomic mass is 10.2. The molecule has 0 saturated carbocycles. The minimum atomic E-state index is -3.77. The third-order valence-corrected chi connectivity index (χ3v) is 7.46. The number of rotatable bonds is 9. The van der Waals surface area contributed by atoms with Crippen LogP contribution in [0.25, 0.3) is 22.6 Å². The van der Waals surface area contributed by atoms with Crippen molar-refractivity contribution in [3.63, 3.8) is 0 Å². The summed E-state index contributed by atoms with van der Waals surface area (Å²) in [4.78, 5) is 11.5. The van der Waals surface area contributed by atoms with Crippen molar-refractivity contribution in [1.29, 1.82) is 0 Å². The van der Waals surface area contributed by atoms with Gasteiger partial charge in [0, 0.05) is 23.9 Å². The van der Waals surface area contributed by atoms with Gasteiger partial charge in [0.15, 0.2) is 0 Å². The van der Waals surface area contributed by atoms with Crippen molar-refractivity contribution in [1.82, 2.24) is 14.7 Å². The Bertz CT molecular complexity index is 1240. The van der Waals surface area contributed by atoms with Crippen molar-refractivity contribution in [2.75, 3.05) is 6.54 Å². The van der Waals surface area contributed by atoms with Crippen LogP contribution in [-0.4, -0.2) is 37.2 Å². The molecular weight excluding hydrogens is 507 g/mol. The van der Waals surface area contributed by atoms with Crippen molar-refractivity contribution >= 4 is 43.8 Å². The molecule has 0 bridgehead atoms. The van der Waals surface area contributed by atoms with E-state index in [0.29, 0.717) is 39.7 Å². The summed E-state index contributed by atoms with van der Waals surface area (Å²) in [6.07, 6.45) is 6.03. The van der Waals surface area contributed by atoms with Crippen LogP contribution < -0.4 is 4.72 Å². The molecule has 1 aromatic heterocycles. The second kappa shape index (κ2) is 9.20. The average molecular weight is 526 g/mol. The molecule has 4 rings (SSSR count). The number of nitrogens with one attached hydrogen (secondary N) is 2. The number of aromatic nitrogens is 2. The molecule has 0 spiro atoms. The number of aliphatic imine (C=N–C) groups is 1. The van der Waals surface area contributed by atoms with Gasteiger partial charge in [-0.05, 0) is 65.5 Å². The number of hydrogen-bond donors (Lipinski definition) is 2. The van der Waals surface area contributed by atoms with Crippen molar-refractivity contribution < 1.29 is 12.8 Å². The minimum absolute atomic E-state index is 0.00942. The molecule has 6 nitrogen and oxygen atoms in total. The smallest absolute Gasteiger partial charge is 0.242 e. The van der Waals surface area contributed by atoms with Gasteiger partial charge in [-0.3, -0.25) is 4.99 Å². The Morgan fingerprint density at radius 1 is 1.16 bits per heavy atom. The van der Waals surface area contributed by atoms with E-state index in [1.54, 1.807) is 24.4 Å². The van der Waals surface area contributed by atoms with Crippen LogP contribution in [0.5, 0.6) is 0 Å². The van der Waals surface area contributed by atoms with E-state index in [4.69, 9.17) is 11.6 Å². The first kappa shape index (κ1) is 22.1. The zero-order valence-electron chi connectivity index (χ0n) is 16.3. The molecular formula is C21H19BrClFN4O2S. The van der Waals surface area contributed by atoms with E-state index in [0.717, 1.165) is 19.3 Å². The van der Waals surface area contributed by atoms with Gasteiger partial charge < -0.3 is 4.98 Å². The van der Waals surface area contributed by atoms with E-state index < -0.39 is 10.0 Å². The molecule has 0 fully saturated rings. The third kappa shape index (κ3) is 5.41. The van der Waals surface area contributed by atoms with Gasteiger partial charge >= 0.3 is 0 Å². The Balaban J connectivity index is 1.50. The van der Waals surface area contributed by atoms with Crippen LogP contribution in [0.15, 0.2) is 57.0 Å². The number of hydrogen-bond acceptors (Lipinski definition) is 4. The highest BCUT2D eigenvalue weighted by Gasteiger charge is 2.20. The minimum Gasteiger partial charge on any atom is -0.338 e. The molecule has 1 atom stereocenters. The van der Waals surface area contributed by atoms with Crippen LogP contribution in [0.2, 0.25) is 5.02 Å². The van der Waals surface area contributed by atoms with Gasteiger partial charge in [0.2, 0.25) is 10.0 Å². The van der Waals surface area contributed by atoms with Crippen LogP contribution in [0.3, 0.4) is 0 Å². The maximum absolute atomic E-state index is 13.8. The third-order valence-electron chi connectivity index (χ3n) is 4.88. The highest BCUT2D eigenvalue weighted by Crippen LogP contribution is 2.29. The molecule has 10 heteroatoms. The SMILES string of the molecule is O=S(=O)(NCCCCC1C=N1)c1cc(-c2ncc(-c3ccc(Br)c(F)c3)[nH]2)ccc1Cl. The Kier molecular flexibility index (Phi) is 6.57. The second-order valence-electron chi connectivity index (χ2n) is 7.18. The first-order chi connectivity index (χ1) is 14.8. The highest BCUT2D eigenvalue weighted by molar-refractivity contribution is 9.10. The van der Waals surface area contributed by atoms with Gasteiger partial charge in [-0.2, -0.15) is 0 Å². The summed E-state index contributed by atoms with van der Waals surface area (Å²) >= 11 is 9.31. The molecule has 0 aliphatic carbocycles.